The van der Waals surface area contributed by atoms with Crippen LogP contribution in [0, 0.1) is 29.4 Å². The fourth-order valence-corrected chi connectivity index (χ4v) is 12.4. The fourth-order valence-electron chi connectivity index (χ4n) is 11.6. The number of hydrogen-bond donors (Lipinski definition) is 5. The van der Waals surface area contributed by atoms with E-state index >= 15 is 8.78 Å². The van der Waals surface area contributed by atoms with E-state index in [1.54, 1.807) is 35.6 Å². The highest BCUT2D eigenvalue weighted by molar-refractivity contribution is 7.13. The number of phenols is 1. The number of benzene rings is 4. The summed E-state index contributed by atoms with van der Waals surface area (Å²) in [6.07, 6.45) is 3.75. The van der Waals surface area contributed by atoms with Crippen molar-refractivity contribution in [1.82, 2.24) is 40.7 Å². The van der Waals surface area contributed by atoms with Crippen molar-refractivity contribution >= 4 is 56.6 Å². The summed E-state index contributed by atoms with van der Waals surface area (Å²) in [5.41, 5.74) is 3.56. The molecule has 4 fully saturated rings. The summed E-state index contributed by atoms with van der Waals surface area (Å²) >= 11 is 1.57. The Bertz CT molecular complexity index is 3200. The number of nitrogens with zero attached hydrogens (tertiary/aromatic N) is 6. The molecule has 2 bridgehead atoms. The highest BCUT2D eigenvalue weighted by Gasteiger charge is 2.47. The first-order valence-electron chi connectivity index (χ1n) is 27.1. The van der Waals surface area contributed by atoms with Gasteiger partial charge in [0.2, 0.25) is 17.7 Å². The van der Waals surface area contributed by atoms with Gasteiger partial charge in [0.05, 0.1) is 41.0 Å². The zero-order valence-electron chi connectivity index (χ0n) is 45.3. The molecule has 3 amide bonds. The monoisotopic (exact) mass is 1090 g/mol. The molecule has 5 atom stereocenters. The Labute approximate surface area is 457 Å². The van der Waals surface area contributed by atoms with Gasteiger partial charge in [0, 0.05) is 81.1 Å². The number of rotatable bonds is 20. The number of ether oxygens (including phenoxy) is 2. The average molecular weight is 1090 g/mol. The maximum absolute atomic E-state index is 17.1. The van der Waals surface area contributed by atoms with Crippen LogP contribution in [0.25, 0.3) is 43.2 Å². The summed E-state index contributed by atoms with van der Waals surface area (Å²) in [5, 5.41) is 32.3. The highest BCUT2D eigenvalue weighted by Crippen LogP contribution is 2.47. The number of aryl methyl sites for hydroxylation is 1. The van der Waals surface area contributed by atoms with Gasteiger partial charge in [-0.05, 0) is 104 Å². The van der Waals surface area contributed by atoms with Crippen LogP contribution in [0.3, 0.4) is 0 Å². The number of halogens is 2. The Kier molecular flexibility index (Phi) is 15.8. The van der Waals surface area contributed by atoms with Gasteiger partial charge >= 0.3 is 6.01 Å². The number of aliphatic hydroxyl groups excluding tert-OH is 1. The Balaban J connectivity index is 0.712. The first-order chi connectivity index (χ1) is 37.2. The van der Waals surface area contributed by atoms with E-state index in [4.69, 9.17) is 14.5 Å². The van der Waals surface area contributed by atoms with E-state index in [0.717, 1.165) is 53.9 Å². The molecular weight excluding hydrogens is 1020 g/mol. The van der Waals surface area contributed by atoms with E-state index in [9.17, 15) is 24.6 Å². The van der Waals surface area contributed by atoms with E-state index in [2.05, 4.69) is 42.6 Å². The second-order valence-electron chi connectivity index (χ2n) is 23.5. The lowest BCUT2D eigenvalue weighted by atomic mass is 9.85. The van der Waals surface area contributed by atoms with Gasteiger partial charge < -0.3 is 50.3 Å². The number of hydrogen-bond acceptors (Lipinski definition) is 14. The van der Waals surface area contributed by atoms with Crippen LogP contribution in [0.1, 0.15) is 83.9 Å². The van der Waals surface area contributed by atoms with Crippen LogP contribution in [-0.4, -0.2) is 142 Å². The molecule has 10 rings (SSSR count). The molecule has 5 heterocycles. The molecule has 414 valence electrons. The Morgan fingerprint density at radius 2 is 1.79 bits per heavy atom. The smallest absolute Gasteiger partial charge is 0.319 e. The summed E-state index contributed by atoms with van der Waals surface area (Å²) in [5.74, 6) is -2.45. The lowest BCUT2D eigenvalue weighted by Gasteiger charge is -2.40. The van der Waals surface area contributed by atoms with Crippen molar-refractivity contribution in [2.24, 2.45) is 10.8 Å². The zero-order valence-corrected chi connectivity index (χ0v) is 46.2. The quantitative estimate of drug-likeness (QED) is 0.0464. The van der Waals surface area contributed by atoms with Gasteiger partial charge in [-0.3, -0.25) is 14.4 Å². The summed E-state index contributed by atoms with van der Waals surface area (Å²) in [6, 6.07) is 17.7. The van der Waals surface area contributed by atoms with Crippen LogP contribution in [0.4, 0.5) is 14.6 Å². The molecule has 3 saturated heterocycles. The van der Waals surface area contributed by atoms with Crippen LogP contribution < -0.4 is 25.6 Å². The van der Waals surface area contributed by atoms with E-state index in [-0.39, 0.29) is 95.1 Å². The van der Waals surface area contributed by atoms with Crippen LogP contribution in [0.15, 0.2) is 72.2 Å². The van der Waals surface area contributed by atoms with Gasteiger partial charge in [-0.15, -0.1) is 11.3 Å². The van der Waals surface area contributed by atoms with E-state index < -0.39 is 41.1 Å². The zero-order chi connectivity index (χ0) is 55.1. The molecule has 4 aromatic carbocycles. The molecule has 3 aliphatic heterocycles. The summed E-state index contributed by atoms with van der Waals surface area (Å²) in [6.45, 7) is 13.4. The molecule has 0 spiro atoms. The number of aliphatic hydroxyl groups is 1. The Hall–Kier alpha value is -6.38. The topological polar surface area (TPSA) is 195 Å². The van der Waals surface area contributed by atoms with Crippen molar-refractivity contribution in [1.29, 1.82) is 0 Å². The second kappa shape index (κ2) is 22.4. The maximum atomic E-state index is 17.1. The van der Waals surface area contributed by atoms with Gasteiger partial charge in [-0.1, -0.05) is 69.3 Å². The number of likely N-dealkylation sites (tertiary alicyclic amines) is 1. The number of aromatic nitrogens is 3. The summed E-state index contributed by atoms with van der Waals surface area (Å²) < 4.78 is 45.8. The minimum atomic E-state index is -0.947. The second-order valence-corrected chi connectivity index (χ2v) is 24.4. The third kappa shape index (κ3) is 12.1. The minimum Gasteiger partial charge on any atom is -0.508 e. The van der Waals surface area contributed by atoms with Gasteiger partial charge in [0.25, 0.3) is 0 Å². The number of nitrogens with one attached hydrogen (secondary N) is 3. The van der Waals surface area contributed by atoms with Crippen LogP contribution in [0.5, 0.6) is 11.8 Å². The summed E-state index contributed by atoms with van der Waals surface area (Å²) in [7, 11) is 2.04. The van der Waals surface area contributed by atoms with Crippen LogP contribution in [-0.2, 0) is 25.7 Å². The van der Waals surface area contributed by atoms with Crippen molar-refractivity contribution in [3.8, 4) is 33.3 Å². The molecule has 2 aromatic heterocycles. The molecule has 4 aliphatic rings. The third-order valence-electron chi connectivity index (χ3n) is 15.9. The number of anilines is 1. The molecule has 5 N–H and O–H groups in total. The van der Waals surface area contributed by atoms with Gasteiger partial charge in [0.15, 0.2) is 5.82 Å². The van der Waals surface area contributed by atoms with Gasteiger partial charge in [-0.2, -0.15) is 9.97 Å². The SMILES string of the molecule is Cc1ncsc1-c1ccc(CNC(=O)[C@@H]2C[C@@H](O)CN2C(=O)[C@@H](NC(=O)CCOCCCN(C)CC2(COc3nc(N4C[C@H]5CC[C@@](C)(C4)N5)c4cc(F)c(-c5cc(O)cc6ccccc56)c(F)c4n3)CC2)C(C)(C)C)cc1. The van der Waals surface area contributed by atoms with Gasteiger partial charge in [0.1, 0.15) is 35.0 Å². The number of piperazine rings is 1. The molecule has 19 heteroatoms. The van der Waals surface area contributed by atoms with E-state index in [1.165, 1.54) is 17.0 Å². The molecule has 0 unspecified atom stereocenters. The normalized spacial score (nSPS) is 21.1. The molecule has 6 aromatic rings. The van der Waals surface area contributed by atoms with Crippen molar-refractivity contribution in [2.75, 3.05) is 64.5 Å². The van der Waals surface area contributed by atoms with E-state index in [1.807, 2.05) is 70.6 Å². The number of amides is 3. The maximum Gasteiger partial charge on any atom is 0.319 e. The molecule has 1 aliphatic carbocycles. The number of carbonyl (C=O) groups is 3. The van der Waals surface area contributed by atoms with Crippen molar-refractivity contribution < 1.29 is 42.9 Å². The fraction of sp³-hybridized carbons (Fsp3) is 0.492. The number of phenolic OH excluding ortho intramolecular Hbond substituents is 1. The standard InChI is InChI=1S/C59H71F2N9O7S/c1-35-51(78-34-63-35)37-14-12-36(13-15-37)28-62-54(74)46-26-41(72)30-70(46)55(75)52(57(2,3)4)64-47(73)17-23-76-22-9-21-68(6)32-59(19-20-59)33-77-56-65-50-44(53(66-56)69-29-39-16-18-58(5,31-69)67-39)27-45(60)48(49(50)61)43-25-40(71)24-38-10-7-8-11-42(38)43/h7-8,10-15,24-25,27,34,39,41,46,52,67,71-72H,9,16-23,26,28-33H2,1-6H3,(H,62,74)(H,64,73)/t39-,41-,46+,52-,58+/m1/s1. The average Bonchev–Trinajstić information content (AvgIpc) is 3.82. The molecule has 16 nitrogen and oxygen atoms in total. The molecule has 0 radical (unpaired) electrons. The van der Waals surface area contributed by atoms with Crippen LogP contribution >= 0.6 is 11.3 Å². The largest absolute Gasteiger partial charge is 0.508 e. The predicted molar refractivity (Wildman–Crippen MR) is 297 cm³/mol. The first kappa shape index (κ1) is 55.0. The van der Waals surface area contributed by atoms with E-state index in [0.29, 0.717) is 55.9 Å². The van der Waals surface area contributed by atoms with Gasteiger partial charge in [-0.25, -0.2) is 13.8 Å². The Morgan fingerprint density at radius 3 is 2.53 bits per heavy atom. The summed E-state index contributed by atoms with van der Waals surface area (Å²) in [4.78, 5) is 61.7. The molecular formula is C59H71F2N9O7S. The first-order valence-corrected chi connectivity index (χ1v) is 28.0. The number of β-amino-alcohol motifs (C(OH)–C–C–N with tert-alkyl or cyclic N) is 1. The minimum absolute atomic E-state index is 0.0165. The molecule has 78 heavy (non-hydrogen) atoms. The number of carbonyl (C=O) groups excluding carboxylic acids is 3. The number of thiazole rings is 1. The predicted octanol–water partition coefficient (Wildman–Crippen LogP) is 7.89. The lowest BCUT2D eigenvalue weighted by Crippen LogP contribution is -2.58. The van der Waals surface area contributed by atoms with Crippen molar-refractivity contribution in [2.45, 2.75) is 116 Å². The molecule has 1 saturated carbocycles. The van der Waals surface area contributed by atoms with Crippen molar-refractivity contribution in [3.63, 3.8) is 0 Å². The van der Waals surface area contributed by atoms with Crippen LogP contribution in [0.2, 0.25) is 0 Å². The number of fused-ring (bicyclic) bond motifs is 4. The van der Waals surface area contributed by atoms with Crippen molar-refractivity contribution in [3.05, 3.63) is 95.1 Å². The Morgan fingerprint density at radius 1 is 1.01 bits per heavy atom. The highest BCUT2D eigenvalue weighted by atomic mass is 32.1. The lowest BCUT2D eigenvalue weighted by molar-refractivity contribution is -0.144. The third-order valence-corrected chi connectivity index (χ3v) is 16.9. The number of aromatic hydroxyl groups is 1.